The zero-order valence-corrected chi connectivity index (χ0v) is 7.24. The summed E-state index contributed by atoms with van der Waals surface area (Å²) in [5.41, 5.74) is 5.82. The van der Waals surface area contributed by atoms with Crippen LogP contribution in [0, 0.1) is 6.92 Å². The number of nitrogens with two attached hydrogens (primary N) is 1. The lowest BCUT2D eigenvalue weighted by Crippen LogP contribution is -2.05. The van der Waals surface area contributed by atoms with Crippen LogP contribution in [0.2, 0.25) is 0 Å². The van der Waals surface area contributed by atoms with E-state index in [1.165, 1.54) is 9.75 Å². The van der Waals surface area contributed by atoms with Crippen LogP contribution in [0.5, 0.6) is 0 Å². The highest BCUT2D eigenvalue weighted by Gasteiger charge is 2.03. The first-order valence-corrected chi connectivity index (χ1v) is 4.37. The lowest BCUT2D eigenvalue weighted by atomic mass is 10.2. The highest BCUT2D eigenvalue weighted by molar-refractivity contribution is 7.12. The number of rotatable bonds is 2. The molecule has 0 amide bonds. The van der Waals surface area contributed by atoms with Crippen molar-refractivity contribution in [2.24, 2.45) is 5.73 Å². The monoisotopic (exact) mass is 155 g/mol. The lowest BCUT2D eigenvalue weighted by Gasteiger charge is -2.03. The molecule has 0 aliphatic carbocycles. The summed E-state index contributed by atoms with van der Waals surface area (Å²) in [7, 11) is 0. The van der Waals surface area contributed by atoms with Gasteiger partial charge in [0.1, 0.15) is 0 Å². The van der Waals surface area contributed by atoms with Crippen molar-refractivity contribution >= 4 is 11.3 Å². The molecule has 1 nitrogen and oxygen atoms in total. The molecule has 0 aliphatic heterocycles. The van der Waals surface area contributed by atoms with Crippen LogP contribution < -0.4 is 5.73 Å². The maximum atomic E-state index is 5.82. The molecular formula is C8H13NS. The Bertz CT molecular complexity index is 205. The van der Waals surface area contributed by atoms with E-state index in [0.717, 1.165) is 6.42 Å². The standard InChI is InChI=1S/C8H13NS/c1-3-7(9)8-5-4-6(2)10-8/h4-5,7H,3,9H2,1-2H3/t7-/m0/s1. The van der Waals surface area contributed by atoms with Crippen molar-refractivity contribution in [3.63, 3.8) is 0 Å². The lowest BCUT2D eigenvalue weighted by molar-refractivity contribution is 0.712. The Morgan fingerprint density at radius 2 is 2.30 bits per heavy atom. The van der Waals surface area contributed by atoms with Gasteiger partial charge in [0.05, 0.1) is 0 Å². The van der Waals surface area contributed by atoms with Gasteiger partial charge in [-0.25, -0.2) is 0 Å². The van der Waals surface area contributed by atoms with Crippen molar-refractivity contribution in [2.45, 2.75) is 26.3 Å². The summed E-state index contributed by atoms with van der Waals surface area (Å²) >= 11 is 1.80. The minimum atomic E-state index is 0.249. The number of thiophene rings is 1. The molecule has 0 spiro atoms. The minimum Gasteiger partial charge on any atom is -0.323 e. The van der Waals surface area contributed by atoms with Gasteiger partial charge in [0.25, 0.3) is 0 Å². The number of hydrogen-bond acceptors (Lipinski definition) is 2. The first-order chi connectivity index (χ1) is 4.74. The zero-order valence-electron chi connectivity index (χ0n) is 6.42. The van der Waals surface area contributed by atoms with E-state index in [0.29, 0.717) is 0 Å². The Morgan fingerprint density at radius 1 is 1.60 bits per heavy atom. The number of hydrogen-bond donors (Lipinski definition) is 1. The zero-order chi connectivity index (χ0) is 7.56. The molecule has 0 unspecified atom stereocenters. The molecule has 1 aromatic rings. The average Bonchev–Trinajstić information content (AvgIpc) is 2.34. The van der Waals surface area contributed by atoms with Gasteiger partial charge in [-0.05, 0) is 25.5 Å². The first kappa shape index (κ1) is 7.76. The van der Waals surface area contributed by atoms with Gasteiger partial charge in [-0.2, -0.15) is 0 Å². The minimum absolute atomic E-state index is 0.249. The van der Waals surface area contributed by atoms with Crippen molar-refractivity contribution in [2.75, 3.05) is 0 Å². The fourth-order valence-electron chi connectivity index (χ4n) is 0.854. The Morgan fingerprint density at radius 3 is 2.70 bits per heavy atom. The predicted molar refractivity (Wildman–Crippen MR) is 46.3 cm³/mol. The molecular weight excluding hydrogens is 142 g/mol. The molecule has 1 atom stereocenters. The molecule has 10 heavy (non-hydrogen) atoms. The summed E-state index contributed by atoms with van der Waals surface area (Å²) in [5.74, 6) is 0. The van der Waals surface area contributed by atoms with E-state index in [4.69, 9.17) is 5.73 Å². The Labute approximate surface area is 65.9 Å². The normalized spacial score (nSPS) is 13.5. The molecule has 0 aliphatic rings. The van der Waals surface area contributed by atoms with E-state index in [1.807, 2.05) is 0 Å². The second-order valence-electron chi connectivity index (χ2n) is 2.46. The van der Waals surface area contributed by atoms with Crippen LogP contribution in [0.25, 0.3) is 0 Å². The molecule has 0 radical (unpaired) electrons. The van der Waals surface area contributed by atoms with Crippen molar-refractivity contribution in [1.82, 2.24) is 0 Å². The third-order valence-electron chi connectivity index (χ3n) is 1.57. The highest BCUT2D eigenvalue weighted by atomic mass is 32.1. The van der Waals surface area contributed by atoms with Crippen molar-refractivity contribution in [1.29, 1.82) is 0 Å². The van der Waals surface area contributed by atoms with Crippen LogP contribution >= 0.6 is 11.3 Å². The summed E-state index contributed by atoms with van der Waals surface area (Å²) < 4.78 is 0. The molecule has 56 valence electrons. The van der Waals surface area contributed by atoms with Crippen LogP contribution in [0.4, 0.5) is 0 Å². The highest BCUT2D eigenvalue weighted by Crippen LogP contribution is 2.22. The fourth-order valence-corrected chi connectivity index (χ4v) is 1.82. The first-order valence-electron chi connectivity index (χ1n) is 3.56. The molecule has 0 saturated heterocycles. The van der Waals surface area contributed by atoms with E-state index in [9.17, 15) is 0 Å². The van der Waals surface area contributed by atoms with E-state index in [-0.39, 0.29) is 6.04 Å². The Balaban J connectivity index is 2.74. The second kappa shape index (κ2) is 3.17. The molecule has 0 saturated carbocycles. The largest absolute Gasteiger partial charge is 0.323 e. The van der Waals surface area contributed by atoms with Gasteiger partial charge >= 0.3 is 0 Å². The quantitative estimate of drug-likeness (QED) is 0.697. The SMILES string of the molecule is CC[C@H](N)c1ccc(C)s1. The Kier molecular flexibility index (Phi) is 2.46. The maximum Gasteiger partial charge on any atom is 0.0387 e. The fraction of sp³-hybridized carbons (Fsp3) is 0.500. The summed E-state index contributed by atoms with van der Waals surface area (Å²) in [4.78, 5) is 2.65. The third-order valence-corrected chi connectivity index (χ3v) is 2.70. The second-order valence-corrected chi connectivity index (χ2v) is 3.78. The molecule has 0 aromatic carbocycles. The van der Waals surface area contributed by atoms with Gasteiger partial charge in [0.2, 0.25) is 0 Å². The molecule has 0 fully saturated rings. The van der Waals surface area contributed by atoms with Crippen LogP contribution in [0.3, 0.4) is 0 Å². The average molecular weight is 155 g/mol. The van der Waals surface area contributed by atoms with Crippen molar-refractivity contribution in [3.8, 4) is 0 Å². The molecule has 1 heterocycles. The Hall–Kier alpha value is -0.340. The van der Waals surface area contributed by atoms with Gasteiger partial charge in [-0.3, -0.25) is 0 Å². The van der Waals surface area contributed by atoms with Crippen LogP contribution in [0.15, 0.2) is 12.1 Å². The molecule has 1 aromatic heterocycles. The maximum absolute atomic E-state index is 5.82. The summed E-state index contributed by atoms with van der Waals surface area (Å²) in [5, 5.41) is 0. The molecule has 0 bridgehead atoms. The number of aryl methyl sites for hydroxylation is 1. The van der Waals surface area contributed by atoms with E-state index in [2.05, 4.69) is 26.0 Å². The van der Waals surface area contributed by atoms with Crippen LogP contribution in [-0.2, 0) is 0 Å². The smallest absolute Gasteiger partial charge is 0.0387 e. The third kappa shape index (κ3) is 1.58. The van der Waals surface area contributed by atoms with Crippen molar-refractivity contribution in [3.05, 3.63) is 21.9 Å². The van der Waals surface area contributed by atoms with Gasteiger partial charge in [0, 0.05) is 15.8 Å². The van der Waals surface area contributed by atoms with E-state index >= 15 is 0 Å². The topological polar surface area (TPSA) is 26.0 Å². The summed E-state index contributed by atoms with van der Waals surface area (Å²) in [6.07, 6.45) is 1.03. The molecule has 2 heteroatoms. The van der Waals surface area contributed by atoms with E-state index in [1.54, 1.807) is 11.3 Å². The summed E-state index contributed by atoms with van der Waals surface area (Å²) in [6, 6.07) is 4.49. The predicted octanol–water partition coefficient (Wildman–Crippen LogP) is 2.47. The molecule has 2 N–H and O–H groups in total. The van der Waals surface area contributed by atoms with Gasteiger partial charge in [-0.15, -0.1) is 11.3 Å². The van der Waals surface area contributed by atoms with Crippen LogP contribution in [-0.4, -0.2) is 0 Å². The van der Waals surface area contributed by atoms with Gasteiger partial charge in [0.15, 0.2) is 0 Å². The van der Waals surface area contributed by atoms with Crippen LogP contribution in [0.1, 0.15) is 29.1 Å². The van der Waals surface area contributed by atoms with Gasteiger partial charge < -0.3 is 5.73 Å². The van der Waals surface area contributed by atoms with E-state index < -0.39 is 0 Å². The summed E-state index contributed by atoms with van der Waals surface area (Å²) in [6.45, 7) is 4.22. The van der Waals surface area contributed by atoms with Crippen molar-refractivity contribution < 1.29 is 0 Å². The van der Waals surface area contributed by atoms with Gasteiger partial charge in [-0.1, -0.05) is 6.92 Å². The molecule has 1 rings (SSSR count).